The number of nitrogens with one attached hydrogen (secondary N) is 2. The highest BCUT2D eigenvalue weighted by Crippen LogP contribution is 2.24. The first kappa shape index (κ1) is 26.2. The van der Waals surface area contributed by atoms with Gasteiger partial charge in [0.05, 0.1) is 12.0 Å². The Morgan fingerprint density at radius 1 is 1.03 bits per heavy atom. The number of hydrogen-bond donors (Lipinski definition) is 2. The molecule has 1 saturated carbocycles. The molecule has 1 aliphatic rings. The Bertz CT molecular complexity index is 1220. The zero-order valence-corrected chi connectivity index (χ0v) is 20.5. The first-order valence-electron chi connectivity index (χ1n) is 11.5. The van der Waals surface area contributed by atoms with Crippen LogP contribution in [0.1, 0.15) is 37.7 Å². The molecule has 2 aromatic carbocycles. The number of rotatable bonds is 7. The number of nitrogens with zero attached hydrogens (tertiary/aromatic N) is 1. The van der Waals surface area contributed by atoms with Gasteiger partial charge in [0.15, 0.2) is 0 Å². The molecule has 1 aliphatic carbocycles. The van der Waals surface area contributed by atoms with Crippen LogP contribution in [0.2, 0.25) is 0 Å². The Labute approximate surface area is 207 Å². The Morgan fingerprint density at radius 2 is 1.71 bits per heavy atom. The highest BCUT2D eigenvalue weighted by molar-refractivity contribution is 7.89. The first-order valence-corrected chi connectivity index (χ1v) is 13.0. The van der Waals surface area contributed by atoms with Crippen molar-refractivity contribution in [1.29, 1.82) is 0 Å². The first-order chi connectivity index (χ1) is 16.9. The number of benzene rings is 2. The minimum Gasteiger partial charge on any atom is -0.481 e. The van der Waals surface area contributed by atoms with Crippen LogP contribution in [0.25, 0.3) is 11.1 Å². The smallest absolute Gasteiger partial charge is 0.240 e. The molecule has 0 bridgehead atoms. The lowest BCUT2D eigenvalue weighted by Gasteiger charge is -2.22. The average Bonchev–Trinajstić information content (AvgIpc) is 2.89. The fourth-order valence-corrected chi connectivity index (χ4v) is 5.10. The van der Waals surface area contributed by atoms with Gasteiger partial charge in [0.1, 0.15) is 5.82 Å². The third-order valence-corrected chi connectivity index (χ3v) is 7.21. The molecule has 4 rings (SSSR count). The summed E-state index contributed by atoms with van der Waals surface area (Å²) in [6.07, 6.45) is 11.9. The molecule has 35 heavy (non-hydrogen) atoms. The van der Waals surface area contributed by atoms with Crippen molar-refractivity contribution in [3.63, 3.8) is 0 Å². The summed E-state index contributed by atoms with van der Waals surface area (Å²) >= 11 is 0. The maximum absolute atomic E-state index is 12.5. The molecule has 3 aromatic rings. The van der Waals surface area contributed by atoms with Crippen molar-refractivity contribution in [2.24, 2.45) is 0 Å². The van der Waals surface area contributed by atoms with Crippen LogP contribution >= 0.6 is 0 Å². The molecule has 0 radical (unpaired) electrons. The number of sulfonamides is 1. The number of terminal acetylenes is 1. The summed E-state index contributed by atoms with van der Waals surface area (Å²) in [6, 6.07) is 19.2. The SMILES string of the molecule is C#CNCc1ccc(F)cc1.COc1cc(-c2ccc(S(=O)(=O)NC3CCCCC3)cc2)ccn1. The van der Waals surface area contributed by atoms with Crippen molar-refractivity contribution in [1.82, 2.24) is 15.0 Å². The van der Waals surface area contributed by atoms with Gasteiger partial charge in [0.25, 0.3) is 0 Å². The molecule has 0 spiro atoms. The van der Waals surface area contributed by atoms with Crippen LogP contribution in [0.5, 0.6) is 5.88 Å². The Balaban J connectivity index is 0.000000261. The number of halogens is 1. The van der Waals surface area contributed by atoms with Crippen molar-refractivity contribution in [2.45, 2.75) is 49.6 Å². The predicted molar refractivity (Wildman–Crippen MR) is 135 cm³/mol. The Kier molecular flexibility index (Phi) is 9.65. The topological polar surface area (TPSA) is 80.3 Å². The molecule has 1 heterocycles. The molecule has 6 nitrogen and oxygen atoms in total. The second kappa shape index (κ2) is 12.9. The van der Waals surface area contributed by atoms with Gasteiger partial charge in [-0.25, -0.2) is 22.5 Å². The highest BCUT2D eigenvalue weighted by Gasteiger charge is 2.21. The van der Waals surface area contributed by atoms with Crippen molar-refractivity contribution in [3.8, 4) is 29.5 Å². The third-order valence-electron chi connectivity index (χ3n) is 5.68. The van der Waals surface area contributed by atoms with E-state index in [4.69, 9.17) is 11.2 Å². The number of ether oxygens (including phenoxy) is 1. The van der Waals surface area contributed by atoms with Gasteiger partial charge in [-0.1, -0.05) is 50.0 Å². The van der Waals surface area contributed by atoms with Crippen molar-refractivity contribution in [3.05, 3.63) is 78.2 Å². The standard InChI is InChI=1S/C18H22N2O3S.C9H8FN/c1-23-18-13-15(11-12-19-18)14-7-9-17(10-8-14)24(21,22)20-16-5-3-2-4-6-16;1-2-11-7-8-3-5-9(10)6-4-8/h7-13,16,20H,2-6H2,1H3;1,3-6,11H,7H2. The van der Waals surface area contributed by atoms with E-state index in [2.05, 4.69) is 21.1 Å². The maximum Gasteiger partial charge on any atom is 0.240 e. The second-order valence-corrected chi connectivity index (χ2v) is 9.91. The molecule has 1 fully saturated rings. The van der Waals surface area contributed by atoms with Crippen molar-refractivity contribution >= 4 is 10.0 Å². The van der Waals surface area contributed by atoms with E-state index >= 15 is 0 Å². The lowest BCUT2D eigenvalue weighted by Crippen LogP contribution is -2.36. The van der Waals surface area contributed by atoms with E-state index in [9.17, 15) is 12.8 Å². The molecular weight excluding hydrogens is 465 g/mol. The quantitative estimate of drug-likeness (QED) is 0.361. The van der Waals surface area contributed by atoms with Gasteiger partial charge in [-0.2, -0.15) is 0 Å². The van der Waals surface area contributed by atoms with Crippen LogP contribution in [0, 0.1) is 18.3 Å². The normalized spacial score (nSPS) is 13.7. The zero-order valence-electron chi connectivity index (χ0n) is 19.7. The van der Waals surface area contributed by atoms with E-state index in [1.807, 2.05) is 24.3 Å². The van der Waals surface area contributed by atoms with Crippen LogP contribution in [-0.4, -0.2) is 26.6 Å². The van der Waals surface area contributed by atoms with Gasteiger partial charge >= 0.3 is 0 Å². The van der Waals surface area contributed by atoms with Gasteiger partial charge in [-0.3, -0.25) is 0 Å². The Hall–Kier alpha value is -3.41. The second-order valence-electron chi connectivity index (χ2n) is 8.19. The maximum atomic E-state index is 12.5. The number of hydrogen-bond acceptors (Lipinski definition) is 5. The molecule has 8 heteroatoms. The molecule has 1 aromatic heterocycles. The van der Waals surface area contributed by atoms with E-state index in [0.717, 1.165) is 42.4 Å². The van der Waals surface area contributed by atoms with Gasteiger partial charge in [0.2, 0.25) is 15.9 Å². The van der Waals surface area contributed by atoms with Crippen molar-refractivity contribution in [2.75, 3.05) is 7.11 Å². The summed E-state index contributed by atoms with van der Waals surface area (Å²) in [6.45, 7) is 0.580. The number of aromatic nitrogens is 1. The monoisotopic (exact) mass is 495 g/mol. The minimum absolute atomic E-state index is 0.0629. The highest BCUT2D eigenvalue weighted by atomic mass is 32.2. The van der Waals surface area contributed by atoms with Gasteiger partial charge in [-0.05, 0) is 59.9 Å². The predicted octanol–water partition coefficient (Wildman–Crippen LogP) is 4.87. The summed E-state index contributed by atoms with van der Waals surface area (Å²) < 4.78 is 45.3. The molecular formula is C27H30FN3O3S. The number of pyridine rings is 1. The van der Waals surface area contributed by atoms with Crippen LogP contribution < -0.4 is 14.8 Å². The molecule has 0 aliphatic heterocycles. The summed E-state index contributed by atoms with van der Waals surface area (Å²) in [5.41, 5.74) is 2.84. The third kappa shape index (κ3) is 8.09. The van der Waals surface area contributed by atoms with E-state index in [0.29, 0.717) is 17.3 Å². The van der Waals surface area contributed by atoms with E-state index in [1.165, 1.54) is 18.6 Å². The molecule has 0 amide bonds. The summed E-state index contributed by atoms with van der Waals surface area (Å²) in [7, 11) is -1.89. The largest absolute Gasteiger partial charge is 0.481 e. The van der Waals surface area contributed by atoms with E-state index in [1.54, 1.807) is 37.6 Å². The van der Waals surface area contributed by atoms with Crippen LogP contribution in [0.4, 0.5) is 4.39 Å². The van der Waals surface area contributed by atoms with Gasteiger partial charge < -0.3 is 10.1 Å². The lowest BCUT2D eigenvalue weighted by molar-refractivity contribution is 0.398. The Morgan fingerprint density at radius 3 is 2.34 bits per heavy atom. The van der Waals surface area contributed by atoms with Gasteiger partial charge in [0, 0.05) is 30.9 Å². The van der Waals surface area contributed by atoms with Crippen LogP contribution in [0.3, 0.4) is 0 Å². The fourth-order valence-electron chi connectivity index (χ4n) is 3.79. The zero-order chi connectivity index (χ0) is 25.1. The van der Waals surface area contributed by atoms with Gasteiger partial charge in [-0.15, -0.1) is 0 Å². The molecule has 0 atom stereocenters. The van der Waals surface area contributed by atoms with E-state index in [-0.39, 0.29) is 11.9 Å². The van der Waals surface area contributed by atoms with Crippen molar-refractivity contribution < 1.29 is 17.5 Å². The summed E-state index contributed by atoms with van der Waals surface area (Å²) in [5, 5.41) is 2.69. The summed E-state index contributed by atoms with van der Waals surface area (Å²) in [5.74, 6) is 0.303. The minimum atomic E-state index is -3.46. The van der Waals surface area contributed by atoms with E-state index < -0.39 is 10.0 Å². The number of methoxy groups -OCH3 is 1. The average molecular weight is 496 g/mol. The van der Waals surface area contributed by atoms with Crippen LogP contribution in [-0.2, 0) is 16.6 Å². The van der Waals surface area contributed by atoms with Crippen LogP contribution in [0.15, 0.2) is 71.8 Å². The fraction of sp³-hybridized carbons (Fsp3) is 0.296. The molecule has 0 unspecified atom stereocenters. The molecule has 184 valence electrons. The molecule has 2 N–H and O–H groups in total. The molecule has 0 saturated heterocycles. The summed E-state index contributed by atoms with van der Waals surface area (Å²) in [4.78, 5) is 4.38. The lowest BCUT2D eigenvalue weighted by atomic mass is 9.96.